The number of halogens is 1. The van der Waals surface area contributed by atoms with Crippen LogP contribution in [0.15, 0.2) is 46.9 Å². The Morgan fingerprint density at radius 1 is 1.27 bits per heavy atom. The number of fused-ring (bicyclic) bond motifs is 1. The Bertz CT molecular complexity index is 1350. The van der Waals surface area contributed by atoms with Crippen LogP contribution in [0.3, 0.4) is 0 Å². The average molecular weight is 543 g/mol. The molecule has 37 heavy (non-hydrogen) atoms. The van der Waals surface area contributed by atoms with Crippen LogP contribution >= 0.6 is 11.6 Å². The van der Waals surface area contributed by atoms with Gasteiger partial charge in [0.25, 0.3) is 5.91 Å². The van der Waals surface area contributed by atoms with Gasteiger partial charge >= 0.3 is 0 Å². The summed E-state index contributed by atoms with van der Waals surface area (Å²) in [5.74, 6) is 4.59. The highest BCUT2D eigenvalue weighted by molar-refractivity contribution is 7.92. The Kier molecular flexibility index (Phi) is 6.96. The predicted molar refractivity (Wildman–Crippen MR) is 145 cm³/mol. The molecule has 2 fully saturated rings. The number of nitrogens with one attached hydrogen (secondary N) is 2. The Morgan fingerprint density at radius 2 is 2.08 bits per heavy atom. The molecule has 0 aromatic heterocycles. The number of terminal acetylenes is 1. The van der Waals surface area contributed by atoms with Crippen LogP contribution < -0.4 is 10.1 Å². The molecule has 0 spiro atoms. The molecule has 0 saturated carbocycles. The minimum atomic E-state index is -3.57. The summed E-state index contributed by atoms with van der Waals surface area (Å²) in [6.07, 6.45) is 14.4. The number of amides is 1. The van der Waals surface area contributed by atoms with Crippen molar-refractivity contribution in [3.8, 4) is 12.3 Å². The molecule has 4 aliphatic rings. The number of anilines is 1. The molecule has 2 unspecified atom stereocenters. The molecule has 196 valence electrons. The van der Waals surface area contributed by atoms with Crippen LogP contribution in [0.2, 0.25) is 5.02 Å². The van der Waals surface area contributed by atoms with Gasteiger partial charge in [-0.05, 0) is 56.9 Å². The summed E-state index contributed by atoms with van der Waals surface area (Å²) in [4.78, 5) is 22.8. The second kappa shape index (κ2) is 10.0. The molecule has 4 heterocycles. The number of sulfonamides is 1. The van der Waals surface area contributed by atoms with Crippen molar-refractivity contribution < 1.29 is 13.2 Å². The van der Waals surface area contributed by atoms with E-state index < -0.39 is 10.0 Å². The van der Waals surface area contributed by atoms with Crippen LogP contribution in [0.5, 0.6) is 0 Å². The third-order valence-corrected chi connectivity index (χ3v) is 8.04. The summed E-state index contributed by atoms with van der Waals surface area (Å²) in [5, 5.41) is 2.29. The van der Waals surface area contributed by atoms with Gasteiger partial charge in [-0.25, -0.2) is 18.8 Å². The third kappa shape index (κ3) is 5.35. The Morgan fingerprint density at radius 3 is 2.81 bits per heavy atom. The number of nitrogens with zero attached hydrogens (tertiary/aromatic N) is 4. The van der Waals surface area contributed by atoms with E-state index >= 15 is 0 Å². The quantitative estimate of drug-likeness (QED) is 0.568. The summed E-state index contributed by atoms with van der Waals surface area (Å²) in [6.45, 7) is 4.30. The molecule has 11 heteroatoms. The van der Waals surface area contributed by atoms with Gasteiger partial charge in [0.1, 0.15) is 11.7 Å². The van der Waals surface area contributed by atoms with Crippen LogP contribution in [0, 0.1) is 18.3 Å². The monoisotopic (exact) mass is 542 g/mol. The standard InChI is InChI=1S/C26H31ClN6O3S/c1-4-18-10-12-31(16-18)25-17(2)15-33-24(28-25)14-22(29-33)23-7-5-6-11-32(23)26(34)20-13-19(27)8-9-21(20)30-37(3,35)36/h1,8-9,13-15,18,22-23,29-30H,5-7,10-12,16H2,2-3H3/t18?,22?,23-/m0/s1. The molecule has 2 saturated heterocycles. The van der Waals surface area contributed by atoms with E-state index in [1.165, 1.54) is 12.1 Å². The zero-order valence-corrected chi connectivity index (χ0v) is 22.5. The average Bonchev–Trinajstić information content (AvgIpc) is 3.50. The first-order valence-corrected chi connectivity index (χ1v) is 14.7. The van der Waals surface area contributed by atoms with Gasteiger partial charge in [-0.15, -0.1) is 12.3 Å². The van der Waals surface area contributed by atoms with E-state index in [4.69, 9.17) is 23.0 Å². The zero-order chi connectivity index (χ0) is 26.3. The molecule has 0 aliphatic carbocycles. The summed E-state index contributed by atoms with van der Waals surface area (Å²) < 4.78 is 26.3. The number of piperidine rings is 1. The molecule has 1 aromatic rings. The van der Waals surface area contributed by atoms with Gasteiger partial charge in [0.15, 0.2) is 0 Å². The molecule has 0 bridgehead atoms. The van der Waals surface area contributed by atoms with E-state index in [0.717, 1.165) is 62.3 Å². The first-order chi connectivity index (χ1) is 17.6. The van der Waals surface area contributed by atoms with Crippen molar-refractivity contribution in [3.05, 3.63) is 52.5 Å². The van der Waals surface area contributed by atoms with E-state index in [1.807, 2.05) is 23.0 Å². The topological polar surface area (TPSA) is 97.3 Å². The lowest BCUT2D eigenvalue weighted by Gasteiger charge is -2.39. The summed E-state index contributed by atoms with van der Waals surface area (Å²) >= 11 is 6.20. The van der Waals surface area contributed by atoms with Gasteiger partial charge in [0.2, 0.25) is 10.0 Å². The van der Waals surface area contributed by atoms with Crippen molar-refractivity contribution in [2.45, 2.75) is 44.7 Å². The van der Waals surface area contributed by atoms with Crippen molar-refractivity contribution >= 4 is 39.1 Å². The predicted octanol–water partition coefficient (Wildman–Crippen LogP) is 3.01. The molecule has 9 nitrogen and oxygen atoms in total. The maximum absolute atomic E-state index is 13.8. The van der Waals surface area contributed by atoms with Crippen LogP contribution in [-0.4, -0.2) is 72.9 Å². The molecule has 1 aromatic carbocycles. The number of likely N-dealkylation sites (tertiary alicyclic amines) is 2. The minimum Gasteiger partial charge on any atom is -0.355 e. The Hall–Kier alpha value is -3.00. The van der Waals surface area contributed by atoms with Crippen molar-refractivity contribution in [2.75, 3.05) is 30.6 Å². The number of amidine groups is 1. The number of hydrogen-bond donors (Lipinski definition) is 2. The van der Waals surface area contributed by atoms with Crippen molar-refractivity contribution in [1.82, 2.24) is 20.2 Å². The number of rotatable bonds is 4. The second-order valence-corrected chi connectivity index (χ2v) is 12.2. The fraction of sp³-hybridized carbons (Fsp3) is 0.462. The van der Waals surface area contributed by atoms with E-state index in [1.54, 1.807) is 6.07 Å². The smallest absolute Gasteiger partial charge is 0.256 e. The second-order valence-electron chi connectivity index (χ2n) is 10.0. The summed E-state index contributed by atoms with van der Waals surface area (Å²) in [6, 6.07) is 4.34. The number of hydrogen-bond acceptors (Lipinski definition) is 7. The molecule has 3 atom stereocenters. The molecular formula is C26H31ClN6O3S. The van der Waals surface area contributed by atoms with Crippen molar-refractivity contribution in [1.29, 1.82) is 0 Å². The summed E-state index contributed by atoms with van der Waals surface area (Å²) in [7, 11) is -3.57. The lowest BCUT2D eigenvalue weighted by Crippen LogP contribution is -2.54. The maximum Gasteiger partial charge on any atom is 0.256 e. The fourth-order valence-electron chi connectivity index (χ4n) is 5.47. The third-order valence-electron chi connectivity index (χ3n) is 7.22. The highest BCUT2D eigenvalue weighted by Crippen LogP contribution is 2.32. The largest absolute Gasteiger partial charge is 0.355 e. The first-order valence-electron chi connectivity index (χ1n) is 12.5. The molecule has 1 amide bonds. The zero-order valence-electron chi connectivity index (χ0n) is 20.9. The SMILES string of the molecule is C#CC1CCN(C2=NC3=CC([C@@H]4CCCCN4C(=O)c4cc(Cl)ccc4NS(C)(=O)=O)NN3C=C2C)C1. The van der Waals surface area contributed by atoms with Crippen LogP contribution in [-0.2, 0) is 10.0 Å². The van der Waals surface area contributed by atoms with E-state index in [9.17, 15) is 13.2 Å². The number of hydrazine groups is 1. The molecule has 4 aliphatic heterocycles. The van der Waals surface area contributed by atoms with E-state index in [-0.39, 0.29) is 35.2 Å². The number of aliphatic imine (C=N–C) groups is 1. The lowest BCUT2D eigenvalue weighted by molar-refractivity contribution is 0.0562. The van der Waals surface area contributed by atoms with Crippen LogP contribution in [0.25, 0.3) is 0 Å². The highest BCUT2D eigenvalue weighted by Gasteiger charge is 2.38. The first kappa shape index (κ1) is 25.6. The molecule has 2 N–H and O–H groups in total. The Labute approximate surface area is 223 Å². The molecule has 5 rings (SSSR count). The normalized spacial score (nSPS) is 25.7. The van der Waals surface area contributed by atoms with Crippen LogP contribution in [0.4, 0.5) is 5.69 Å². The van der Waals surface area contributed by atoms with Crippen molar-refractivity contribution in [3.63, 3.8) is 0 Å². The van der Waals surface area contributed by atoms with Gasteiger partial charge in [0, 0.05) is 42.3 Å². The van der Waals surface area contributed by atoms with E-state index in [0.29, 0.717) is 11.6 Å². The number of benzene rings is 1. The van der Waals surface area contributed by atoms with Gasteiger partial charge in [-0.3, -0.25) is 14.5 Å². The highest BCUT2D eigenvalue weighted by atomic mass is 35.5. The maximum atomic E-state index is 13.8. The molecule has 0 radical (unpaired) electrons. The lowest BCUT2D eigenvalue weighted by atomic mass is 9.94. The molecular weight excluding hydrogens is 512 g/mol. The summed E-state index contributed by atoms with van der Waals surface area (Å²) in [5.41, 5.74) is 5.01. The number of carbonyl (C=O) groups excluding carboxylic acids is 1. The van der Waals surface area contributed by atoms with Gasteiger partial charge in [-0.2, -0.15) is 0 Å². The van der Waals surface area contributed by atoms with E-state index in [2.05, 4.69) is 27.0 Å². The Balaban J connectivity index is 1.40. The fourth-order valence-corrected chi connectivity index (χ4v) is 6.22. The van der Waals surface area contributed by atoms with Crippen LogP contribution in [0.1, 0.15) is 43.0 Å². The van der Waals surface area contributed by atoms with Gasteiger partial charge in [0.05, 0.1) is 29.6 Å². The van der Waals surface area contributed by atoms with Gasteiger partial charge < -0.3 is 9.80 Å². The number of carbonyl (C=O) groups is 1. The van der Waals surface area contributed by atoms with Crippen molar-refractivity contribution in [2.24, 2.45) is 10.9 Å². The minimum absolute atomic E-state index is 0.130. The van der Waals surface area contributed by atoms with Gasteiger partial charge in [-0.1, -0.05) is 11.6 Å².